The summed E-state index contributed by atoms with van der Waals surface area (Å²) in [5.74, 6) is 0. The maximum Gasteiger partial charge on any atom is 0.0781 e. The van der Waals surface area contributed by atoms with E-state index in [-0.39, 0.29) is 0 Å². The quantitative estimate of drug-likeness (QED) is 0.170. The summed E-state index contributed by atoms with van der Waals surface area (Å²) >= 11 is 0. The summed E-state index contributed by atoms with van der Waals surface area (Å²) in [5.41, 5.74) is 25.8. The Morgan fingerprint density at radius 1 is 0.275 bits per heavy atom. The zero-order chi connectivity index (χ0) is 45.5. The van der Waals surface area contributed by atoms with E-state index in [0.717, 1.165) is 45.3 Å². The smallest absolute Gasteiger partial charge is 0.0781 e. The van der Waals surface area contributed by atoms with Crippen molar-refractivity contribution in [1.29, 1.82) is 0 Å². The van der Waals surface area contributed by atoms with Gasteiger partial charge in [-0.3, -0.25) is 0 Å². The number of fused-ring (bicyclic) bond motifs is 17. The van der Waals surface area contributed by atoms with Gasteiger partial charge in [0.25, 0.3) is 0 Å². The van der Waals surface area contributed by atoms with Crippen LogP contribution < -0.4 is 9.80 Å². The molecule has 0 atom stereocenters. The molecule has 11 aromatic rings. The Morgan fingerprint density at radius 2 is 0.696 bits per heavy atom. The molecule has 0 bridgehead atoms. The molecule has 3 aliphatic rings. The first-order valence-corrected chi connectivity index (χ1v) is 23.9. The van der Waals surface area contributed by atoms with Crippen molar-refractivity contribution in [3.63, 3.8) is 0 Å². The van der Waals surface area contributed by atoms with Crippen molar-refractivity contribution in [2.45, 2.75) is 5.41 Å². The van der Waals surface area contributed by atoms with Crippen molar-refractivity contribution < 1.29 is 0 Å². The van der Waals surface area contributed by atoms with Gasteiger partial charge in [-0.1, -0.05) is 224 Å². The fraction of sp³-hybridized carbons (Fsp3) is 0.0149. The number of nitrogens with zero attached hydrogens (tertiary/aromatic N) is 2. The number of rotatable bonds is 5. The average molecular weight is 877 g/mol. The normalized spacial score (nSPS) is 13.0. The molecule has 0 unspecified atom stereocenters. The number of hydrogen-bond donors (Lipinski definition) is 0. The highest BCUT2D eigenvalue weighted by molar-refractivity contribution is 6.09. The average Bonchev–Trinajstić information content (AvgIpc) is 3.58. The summed E-state index contributed by atoms with van der Waals surface area (Å²) in [4.78, 5) is 5.03. The van der Waals surface area contributed by atoms with Crippen LogP contribution in [0.3, 0.4) is 0 Å². The molecule has 0 saturated heterocycles. The van der Waals surface area contributed by atoms with Crippen molar-refractivity contribution in [2.24, 2.45) is 0 Å². The predicted octanol–water partition coefficient (Wildman–Crippen LogP) is 18.0. The molecule has 2 heteroatoms. The lowest BCUT2D eigenvalue weighted by Crippen LogP contribution is -2.29. The Hall–Kier alpha value is -8.98. The molecule has 69 heavy (non-hydrogen) atoms. The van der Waals surface area contributed by atoms with Gasteiger partial charge in [-0.05, 0) is 115 Å². The zero-order valence-corrected chi connectivity index (χ0v) is 37.8. The maximum absolute atomic E-state index is 2.54. The van der Waals surface area contributed by atoms with E-state index < -0.39 is 5.41 Å². The predicted molar refractivity (Wildman–Crippen MR) is 287 cm³/mol. The molecule has 0 amide bonds. The lowest BCUT2D eigenvalue weighted by Gasteiger charge is -2.37. The van der Waals surface area contributed by atoms with E-state index >= 15 is 0 Å². The Kier molecular flexibility index (Phi) is 8.84. The second-order valence-electron chi connectivity index (χ2n) is 18.3. The van der Waals surface area contributed by atoms with E-state index in [1.165, 1.54) is 77.9 Å². The van der Waals surface area contributed by atoms with Gasteiger partial charge in [0.1, 0.15) is 0 Å². The summed E-state index contributed by atoms with van der Waals surface area (Å²) in [7, 11) is 0. The van der Waals surface area contributed by atoms with Crippen molar-refractivity contribution in [3.05, 3.63) is 289 Å². The Balaban J connectivity index is 1.12. The number of benzene rings is 11. The van der Waals surface area contributed by atoms with E-state index in [2.05, 4.69) is 277 Å². The van der Waals surface area contributed by atoms with Crippen LogP contribution in [0, 0.1) is 0 Å². The first-order valence-electron chi connectivity index (χ1n) is 23.9. The Morgan fingerprint density at radius 3 is 1.33 bits per heavy atom. The molecule has 0 aromatic heterocycles. The fourth-order valence-electron chi connectivity index (χ4n) is 12.1. The molecule has 14 rings (SSSR count). The van der Waals surface area contributed by atoms with Crippen LogP contribution in [0.2, 0.25) is 0 Å². The third kappa shape index (κ3) is 5.73. The van der Waals surface area contributed by atoms with Gasteiger partial charge in [-0.15, -0.1) is 0 Å². The monoisotopic (exact) mass is 876 g/mol. The van der Waals surface area contributed by atoms with E-state index in [0.29, 0.717) is 0 Å². The van der Waals surface area contributed by atoms with E-state index in [1.807, 2.05) is 0 Å². The highest BCUT2D eigenvalue weighted by Crippen LogP contribution is 2.63. The number of para-hydroxylation sites is 4. The molecule has 0 N–H and O–H groups in total. The molecule has 322 valence electrons. The van der Waals surface area contributed by atoms with Crippen LogP contribution in [0.25, 0.3) is 66.8 Å². The summed E-state index contributed by atoms with van der Waals surface area (Å²) in [5, 5.41) is 0. The summed E-state index contributed by atoms with van der Waals surface area (Å²) in [6.07, 6.45) is 0. The SMILES string of the molecule is c1ccc(-c2ccccc2N(c2ccc3c(c2)-c2ccccc2-c2ccccc2C32c3ccccc3-c3ccccc32)c2cccc3c2N(c2ccccc2)c2ccccc2-c2ccccc2-3)cc1. The van der Waals surface area contributed by atoms with Crippen LogP contribution in [0.15, 0.2) is 267 Å². The minimum atomic E-state index is -0.579. The highest BCUT2D eigenvalue weighted by Gasteiger charge is 2.49. The van der Waals surface area contributed by atoms with Crippen molar-refractivity contribution >= 4 is 34.1 Å². The van der Waals surface area contributed by atoms with Gasteiger partial charge < -0.3 is 9.80 Å². The highest BCUT2D eigenvalue weighted by atomic mass is 15.2. The molecule has 1 heterocycles. The van der Waals surface area contributed by atoms with Gasteiger partial charge in [0.05, 0.1) is 28.2 Å². The van der Waals surface area contributed by atoms with Gasteiger partial charge in [0, 0.05) is 28.1 Å². The minimum absolute atomic E-state index is 0.579. The molecule has 2 aliphatic carbocycles. The van der Waals surface area contributed by atoms with Crippen LogP contribution in [-0.4, -0.2) is 0 Å². The first-order chi connectivity index (χ1) is 34.3. The topological polar surface area (TPSA) is 6.48 Å². The van der Waals surface area contributed by atoms with E-state index in [1.54, 1.807) is 0 Å². The van der Waals surface area contributed by atoms with Crippen LogP contribution >= 0.6 is 0 Å². The van der Waals surface area contributed by atoms with Crippen molar-refractivity contribution in [2.75, 3.05) is 9.80 Å². The van der Waals surface area contributed by atoms with Crippen LogP contribution in [0.1, 0.15) is 22.3 Å². The number of anilines is 6. The van der Waals surface area contributed by atoms with Gasteiger partial charge in [-0.25, -0.2) is 0 Å². The Labute approximate surface area is 403 Å². The van der Waals surface area contributed by atoms with Crippen LogP contribution in [-0.2, 0) is 5.41 Å². The summed E-state index contributed by atoms with van der Waals surface area (Å²) < 4.78 is 0. The molecule has 0 fully saturated rings. The third-order valence-corrected chi connectivity index (χ3v) is 14.8. The first kappa shape index (κ1) is 39.2. The fourth-order valence-corrected chi connectivity index (χ4v) is 12.1. The standard InChI is InChI=1S/C67H44N2/c1-3-22-45(23-4-1)48-26-14-19-39-63(48)68(65-41-21-35-57-51-29-9-8-28-50(51)56-34-15-20-40-64(56)69(66(57)65)46-24-5-2-6-25-46)47-42-43-62-58(44-47)52-30-10-7-27-49(52)53-31-11-16-36-59(53)67(62)60-37-17-12-32-54(60)55-33-13-18-38-61(55)67/h1-44H. The van der Waals surface area contributed by atoms with Crippen molar-refractivity contribution in [3.8, 4) is 66.8 Å². The minimum Gasteiger partial charge on any atom is -0.308 e. The van der Waals surface area contributed by atoms with Gasteiger partial charge in [0.2, 0.25) is 0 Å². The molecule has 2 nitrogen and oxygen atoms in total. The van der Waals surface area contributed by atoms with Gasteiger partial charge >= 0.3 is 0 Å². The molecule has 1 aliphatic heterocycles. The Bertz CT molecular complexity index is 3770. The summed E-state index contributed by atoms with van der Waals surface area (Å²) in [6.45, 7) is 0. The lowest BCUT2D eigenvalue weighted by atomic mass is 9.66. The molecule has 0 radical (unpaired) electrons. The van der Waals surface area contributed by atoms with Gasteiger partial charge in [0.15, 0.2) is 0 Å². The van der Waals surface area contributed by atoms with E-state index in [9.17, 15) is 0 Å². The van der Waals surface area contributed by atoms with E-state index in [4.69, 9.17) is 0 Å². The molecule has 0 saturated carbocycles. The van der Waals surface area contributed by atoms with Crippen LogP contribution in [0.5, 0.6) is 0 Å². The molecule has 1 spiro atoms. The zero-order valence-electron chi connectivity index (χ0n) is 37.8. The third-order valence-electron chi connectivity index (χ3n) is 14.8. The molecular formula is C67H44N2. The second kappa shape index (κ2) is 15.6. The van der Waals surface area contributed by atoms with Crippen LogP contribution in [0.4, 0.5) is 34.1 Å². The molecular weight excluding hydrogens is 833 g/mol. The maximum atomic E-state index is 2.54. The van der Waals surface area contributed by atoms with Gasteiger partial charge in [-0.2, -0.15) is 0 Å². The summed E-state index contributed by atoms with van der Waals surface area (Å²) in [6, 6.07) is 99.1. The lowest BCUT2D eigenvalue weighted by molar-refractivity contribution is 0.775. The largest absolute Gasteiger partial charge is 0.308 e. The molecule has 11 aromatic carbocycles. The number of hydrogen-bond acceptors (Lipinski definition) is 2. The second-order valence-corrected chi connectivity index (χ2v) is 18.3. The van der Waals surface area contributed by atoms with Crippen molar-refractivity contribution in [1.82, 2.24) is 0 Å².